The minimum absolute atomic E-state index is 0.0308. The molecule has 3 aromatic rings. The third kappa shape index (κ3) is 5.45. The minimum Gasteiger partial charge on any atom is -0.481 e. The molecule has 3 N–H and O–H groups in total. The molecule has 5 rings (SSSR count). The largest absolute Gasteiger partial charge is 0.481 e. The van der Waals surface area contributed by atoms with Crippen LogP contribution in [0.25, 0.3) is 44.4 Å². The topological polar surface area (TPSA) is 113 Å². The maximum Gasteiger partial charge on any atom is 0.303 e. The summed E-state index contributed by atoms with van der Waals surface area (Å²) >= 11 is 0. The van der Waals surface area contributed by atoms with E-state index in [4.69, 9.17) is 19.4 Å². The zero-order valence-electron chi connectivity index (χ0n) is 26.7. The minimum atomic E-state index is -0.831. The van der Waals surface area contributed by atoms with Crippen molar-refractivity contribution in [3.8, 4) is 0 Å². The molecule has 8 bridgehead atoms. The van der Waals surface area contributed by atoms with E-state index < -0.39 is 5.97 Å². The maximum atomic E-state index is 11.6. The molecule has 3 aromatic heterocycles. The van der Waals surface area contributed by atoms with Crippen molar-refractivity contribution in [3.05, 3.63) is 69.3 Å². The van der Waals surface area contributed by atoms with Crippen molar-refractivity contribution in [1.29, 1.82) is 0 Å². The van der Waals surface area contributed by atoms with Gasteiger partial charge in [-0.1, -0.05) is 6.92 Å². The Bertz CT molecular complexity index is 1840. The van der Waals surface area contributed by atoms with E-state index in [2.05, 4.69) is 62.8 Å². The molecule has 226 valence electrons. The monoisotopic (exact) mass is 582 g/mol. The second-order valence-electron chi connectivity index (χ2n) is 11.5. The molecule has 0 saturated heterocycles. The molecule has 2 unspecified atom stereocenters. The Morgan fingerprint density at radius 2 is 1.21 bits per heavy atom. The summed E-state index contributed by atoms with van der Waals surface area (Å²) in [4.78, 5) is 29.1. The molecule has 0 amide bonds. The SMILES string of the molecule is CCC1=C(C)c2cc3[nH]c(cc4[nH]c(cc5nc(cc1n2)C(CCC(=O)O)=C5C)c(C(C)OC)c4C)c(C(C)OC)c3C. The van der Waals surface area contributed by atoms with E-state index in [0.29, 0.717) is 6.42 Å². The molecule has 8 nitrogen and oxygen atoms in total. The van der Waals surface area contributed by atoms with Gasteiger partial charge in [0.25, 0.3) is 0 Å². The van der Waals surface area contributed by atoms with Crippen molar-refractivity contribution in [2.24, 2.45) is 0 Å². The normalized spacial score (nSPS) is 14.9. The molecule has 0 radical (unpaired) electrons. The van der Waals surface area contributed by atoms with Gasteiger partial charge in [0.2, 0.25) is 0 Å². The number of nitrogens with zero attached hydrogens (tertiary/aromatic N) is 2. The van der Waals surface area contributed by atoms with Crippen LogP contribution in [0.1, 0.15) is 111 Å². The van der Waals surface area contributed by atoms with E-state index in [0.717, 1.165) is 95.8 Å². The number of methoxy groups -OCH3 is 2. The van der Waals surface area contributed by atoms with Crippen LogP contribution in [0.15, 0.2) is 24.3 Å². The van der Waals surface area contributed by atoms with Crippen molar-refractivity contribution in [3.63, 3.8) is 0 Å². The summed E-state index contributed by atoms with van der Waals surface area (Å²) < 4.78 is 11.6. The summed E-state index contributed by atoms with van der Waals surface area (Å²) in [6, 6.07) is 8.36. The van der Waals surface area contributed by atoms with Gasteiger partial charge in [0.15, 0.2) is 0 Å². The third-order valence-corrected chi connectivity index (χ3v) is 9.10. The summed E-state index contributed by atoms with van der Waals surface area (Å²) in [6.45, 7) is 14.6. The first-order valence-electron chi connectivity index (χ1n) is 14.9. The van der Waals surface area contributed by atoms with Gasteiger partial charge in [-0.3, -0.25) is 4.79 Å². The maximum absolute atomic E-state index is 11.6. The van der Waals surface area contributed by atoms with Gasteiger partial charge in [0, 0.05) is 53.8 Å². The Hall–Kier alpha value is -4.01. The first-order chi connectivity index (χ1) is 20.5. The van der Waals surface area contributed by atoms with E-state index in [1.807, 2.05) is 19.9 Å². The first kappa shape index (κ1) is 30.4. The highest BCUT2D eigenvalue weighted by molar-refractivity contribution is 5.96. The number of hydrogen-bond acceptors (Lipinski definition) is 5. The summed E-state index contributed by atoms with van der Waals surface area (Å²) in [6.07, 6.45) is 0.963. The van der Waals surface area contributed by atoms with Crippen molar-refractivity contribution < 1.29 is 19.4 Å². The summed E-state index contributed by atoms with van der Waals surface area (Å²) in [7, 11) is 3.45. The van der Waals surface area contributed by atoms with Crippen LogP contribution in [-0.4, -0.2) is 45.2 Å². The molecule has 2 aliphatic rings. The van der Waals surface area contributed by atoms with Crippen LogP contribution in [0.2, 0.25) is 0 Å². The Morgan fingerprint density at radius 1 is 0.744 bits per heavy atom. The number of H-pyrrole nitrogens is 2. The van der Waals surface area contributed by atoms with Crippen LogP contribution in [0, 0.1) is 13.8 Å². The lowest BCUT2D eigenvalue weighted by Gasteiger charge is -2.10. The molecule has 2 aliphatic heterocycles. The van der Waals surface area contributed by atoms with E-state index >= 15 is 0 Å². The van der Waals surface area contributed by atoms with Crippen molar-refractivity contribution in [2.75, 3.05) is 14.2 Å². The number of hydrogen-bond donors (Lipinski definition) is 3. The van der Waals surface area contributed by atoms with Gasteiger partial charge in [-0.05, 0) is 112 Å². The van der Waals surface area contributed by atoms with Crippen LogP contribution in [0.5, 0.6) is 0 Å². The van der Waals surface area contributed by atoms with Crippen LogP contribution in [0.4, 0.5) is 0 Å². The lowest BCUT2D eigenvalue weighted by molar-refractivity contribution is -0.136. The van der Waals surface area contributed by atoms with E-state index in [1.54, 1.807) is 14.2 Å². The van der Waals surface area contributed by atoms with Crippen LogP contribution >= 0.6 is 0 Å². The van der Waals surface area contributed by atoms with Crippen molar-refractivity contribution in [2.45, 2.75) is 79.9 Å². The van der Waals surface area contributed by atoms with Gasteiger partial charge >= 0.3 is 5.97 Å². The zero-order valence-corrected chi connectivity index (χ0v) is 26.7. The number of nitrogens with one attached hydrogen (secondary N) is 2. The summed E-state index contributed by atoms with van der Waals surface area (Å²) in [5, 5.41) is 9.50. The zero-order chi connectivity index (χ0) is 31.2. The number of rotatable bonds is 8. The Morgan fingerprint density at radius 3 is 1.72 bits per heavy atom. The molecule has 0 spiro atoms. The van der Waals surface area contributed by atoms with Gasteiger partial charge in [0.1, 0.15) is 0 Å². The van der Waals surface area contributed by atoms with Gasteiger partial charge in [-0.2, -0.15) is 0 Å². The fourth-order valence-corrected chi connectivity index (χ4v) is 6.42. The lowest BCUT2D eigenvalue weighted by atomic mass is 9.99. The average Bonchev–Trinajstić information content (AvgIpc) is 3.64. The molecule has 0 fully saturated rings. The fourth-order valence-electron chi connectivity index (χ4n) is 6.42. The predicted octanol–water partition coefficient (Wildman–Crippen LogP) is 8.48. The van der Waals surface area contributed by atoms with Gasteiger partial charge in [0.05, 0.1) is 35.0 Å². The number of aryl methyl sites for hydroxylation is 2. The van der Waals surface area contributed by atoms with Crippen LogP contribution in [0.3, 0.4) is 0 Å². The summed E-state index contributed by atoms with van der Waals surface area (Å²) in [5.74, 6) is -0.831. The fraction of sp³-hybridized carbons (Fsp3) is 0.400. The van der Waals surface area contributed by atoms with Crippen molar-refractivity contribution >= 4 is 50.3 Å². The van der Waals surface area contributed by atoms with Gasteiger partial charge in [-0.15, -0.1) is 0 Å². The molecule has 8 heteroatoms. The number of carboxylic acids is 1. The summed E-state index contributed by atoms with van der Waals surface area (Å²) in [5.41, 5.74) is 15.7. The van der Waals surface area contributed by atoms with E-state index in [1.165, 1.54) is 0 Å². The van der Waals surface area contributed by atoms with Crippen LogP contribution in [-0.2, 0) is 14.3 Å². The number of fused-ring (bicyclic) bond motifs is 8. The highest BCUT2D eigenvalue weighted by atomic mass is 16.5. The van der Waals surface area contributed by atoms with E-state index in [-0.39, 0.29) is 18.6 Å². The van der Waals surface area contributed by atoms with Crippen molar-refractivity contribution in [1.82, 2.24) is 19.9 Å². The quantitative estimate of drug-likeness (QED) is 0.245. The number of aromatic amines is 2. The van der Waals surface area contributed by atoms with Gasteiger partial charge in [-0.25, -0.2) is 9.97 Å². The average molecular weight is 583 g/mol. The van der Waals surface area contributed by atoms with E-state index in [9.17, 15) is 9.90 Å². The number of aliphatic carboxylic acids is 1. The highest BCUT2D eigenvalue weighted by Gasteiger charge is 2.23. The number of allylic oxidation sites excluding steroid dienone is 4. The highest BCUT2D eigenvalue weighted by Crippen LogP contribution is 2.38. The Balaban J connectivity index is 1.97. The number of carboxylic acid groups (broad SMARTS) is 1. The second-order valence-corrected chi connectivity index (χ2v) is 11.5. The lowest BCUT2D eigenvalue weighted by Crippen LogP contribution is -1.97. The standard InChI is InChI=1S/C35H42N4O4/c1-10-23-17(2)25-13-27-19(4)34(21(6)42-8)32(38-27)15-28-20(5)35(22(7)43-9)31(39-28)14-26-18(3)24(11-12-33(40)41)30(37-26)16-29(23)36-25/h13-16,21-22,38-39H,10-12H2,1-9H3,(H,40,41). The molecule has 43 heavy (non-hydrogen) atoms. The molecule has 2 atom stereocenters. The Labute approximate surface area is 252 Å². The molecule has 5 heterocycles. The first-order valence-corrected chi connectivity index (χ1v) is 14.9. The number of carbonyl (C=O) groups is 1. The second kappa shape index (κ2) is 11.9. The van der Waals surface area contributed by atoms with Gasteiger partial charge < -0.3 is 24.5 Å². The molecular weight excluding hydrogens is 540 g/mol. The smallest absolute Gasteiger partial charge is 0.303 e. The molecule has 0 aromatic carbocycles. The molecular formula is C35H42N4O4. The number of ether oxygens (including phenoxy) is 2. The third-order valence-electron chi connectivity index (χ3n) is 9.10. The number of aromatic nitrogens is 4. The van der Waals surface area contributed by atoms with Crippen LogP contribution < -0.4 is 0 Å². The Kier molecular flexibility index (Phi) is 8.45. The predicted molar refractivity (Wildman–Crippen MR) is 173 cm³/mol. The molecule has 0 saturated carbocycles. The molecule has 0 aliphatic carbocycles.